The maximum absolute atomic E-state index is 5.48. The van der Waals surface area contributed by atoms with Gasteiger partial charge >= 0.3 is 0 Å². The van der Waals surface area contributed by atoms with Crippen LogP contribution in [0.2, 0.25) is 0 Å². The minimum atomic E-state index is 0.489. The molecule has 0 aliphatic rings. The molecule has 3 N–H and O–H groups in total. The SMILES string of the molecule is C/C=C/CCNc1cc(N)ncn1. The molecule has 1 aromatic rings. The molecule has 0 radical (unpaired) electrons. The van der Waals surface area contributed by atoms with Crippen molar-refractivity contribution in [1.82, 2.24) is 9.97 Å². The van der Waals surface area contributed by atoms with Crippen molar-refractivity contribution in [2.75, 3.05) is 17.6 Å². The topological polar surface area (TPSA) is 63.8 Å². The molecule has 1 aromatic heterocycles. The van der Waals surface area contributed by atoms with Crippen molar-refractivity contribution in [1.29, 1.82) is 0 Å². The number of aromatic nitrogens is 2. The van der Waals surface area contributed by atoms with E-state index in [2.05, 4.69) is 21.4 Å². The summed E-state index contributed by atoms with van der Waals surface area (Å²) >= 11 is 0. The summed E-state index contributed by atoms with van der Waals surface area (Å²) in [5, 5.41) is 3.14. The van der Waals surface area contributed by atoms with Crippen LogP contribution in [0.4, 0.5) is 11.6 Å². The second kappa shape index (κ2) is 5.13. The predicted molar refractivity (Wildman–Crippen MR) is 54.4 cm³/mol. The second-order valence-electron chi connectivity index (χ2n) is 2.61. The van der Waals surface area contributed by atoms with Crippen molar-refractivity contribution >= 4 is 11.6 Å². The summed E-state index contributed by atoms with van der Waals surface area (Å²) in [7, 11) is 0. The van der Waals surface area contributed by atoms with Gasteiger partial charge in [0.2, 0.25) is 0 Å². The molecule has 0 bridgehead atoms. The summed E-state index contributed by atoms with van der Waals surface area (Å²) in [6, 6.07) is 1.72. The molecule has 0 amide bonds. The average Bonchev–Trinajstić information content (AvgIpc) is 2.13. The molecule has 4 nitrogen and oxygen atoms in total. The molecule has 0 saturated carbocycles. The van der Waals surface area contributed by atoms with Crippen molar-refractivity contribution in [3.8, 4) is 0 Å². The number of hydrogen-bond donors (Lipinski definition) is 2. The molecular formula is C9H14N4. The predicted octanol–water partition coefficient (Wildman–Crippen LogP) is 1.44. The van der Waals surface area contributed by atoms with Gasteiger partial charge in [0.05, 0.1) is 0 Å². The van der Waals surface area contributed by atoms with Crippen LogP contribution in [0.1, 0.15) is 13.3 Å². The van der Waals surface area contributed by atoms with E-state index in [1.165, 1.54) is 6.33 Å². The Morgan fingerprint density at radius 1 is 1.54 bits per heavy atom. The van der Waals surface area contributed by atoms with Crippen LogP contribution in [0.5, 0.6) is 0 Å². The molecule has 13 heavy (non-hydrogen) atoms. The van der Waals surface area contributed by atoms with E-state index in [1.807, 2.05) is 13.0 Å². The number of rotatable bonds is 4. The standard InChI is InChI=1S/C9H14N4/c1-2-3-4-5-11-9-6-8(10)12-7-13-9/h2-3,6-7H,4-5H2,1H3,(H3,10,11,12,13)/b3-2+. The van der Waals surface area contributed by atoms with E-state index in [4.69, 9.17) is 5.73 Å². The van der Waals surface area contributed by atoms with Crippen LogP contribution in [-0.4, -0.2) is 16.5 Å². The summed E-state index contributed by atoms with van der Waals surface area (Å²) in [6.45, 7) is 2.86. The highest BCUT2D eigenvalue weighted by molar-refractivity contribution is 5.43. The Hall–Kier alpha value is -1.58. The largest absolute Gasteiger partial charge is 0.384 e. The van der Waals surface area contributed by atoms with Gasteiger partial charge < -0.3 is 11.1 Å². The molecule has 0 atom stereocenters. The number of anilines is 2. The first-order valence-electron chi connectivity index (χ1n) is 4.25. The monoisotopic (exact) mass is 178 g/mol. The number of nitrogens with two attached hydrogens (primary N) is 1. The van der Waals surface area contributed by atoms with Gasteiger partial charge in [0, 0.05) is 12.6 Å². The van der Waals surface area contributed by atoms with Crippen molar-refractivity contribution < 1.29 is 0 Å². The van der Waals surface area contributed by atoms with Gasteiger partial charge in [0.25, 0.3) is 0 Å². The second-order valence-corrected chi connectivity index (χ2v) is 2.61. The summed E-state index contributed by atoms with van der Waals surface area (Å²) < 4.78 is 0. The van der Waals surface area contributed by atoms with Crippen LogP contribution < -0.4 is 11.1 Å². The lowest BCUT2D eigenvalue weighted by Gasteiger charge is -2.02. The Morgan fingerprint density at radius 2 is 2.38 bits per heavy atom. The van der Waals surface area contributed by atoms with Gasteiger partial charge in [0.15, 0.2) is 0 Å². The highest BCUT2D eigenvalue weighted by Crippen LogP contribution is 2.04. The van der Waals surface area contributed by atoms with Gasteiger partial charge in [-0.25, -0.2) is 9.97 Å². The summed E-state index contributed by atoms with van der Waals surface area (Å²) in [6.07, 6.45) is 6.56. The Morgan fingerprint density at radius 3 is 3.08 bits per heavy atom. The molecule has 0 spiro atoms. The quantitative estimate of drug-likeness (QED) is 0.541. The van der Waals surface area contributed by atoms with E-state index in [1.54, 1.807) is 6.07 Å². The Labute approximate surface area is 77.9 Å². The fourth-order valence-electron chi connectivity index (χ4n) is 0.919. The summed E-state index contributed by atoms with van der Waals surface area (Å²) in [5.41, 5.74) is 5.48. The van der Waals surface area contributed by atoms with Gasteiger partial charge in [-0.1, -0.05) is 12.2 Å². The zero-order valence-corrected chi connectivity index (χ0v) is 7.70. The van der Waals surface area contributed by atoms with Gasteiger partial charge in [-0.15, -0.1) is 0 Å². The van der Waals surface area contributed by atoms with Gasteiger partial charge in [0.1, 0.15) is 18.0 Å². The summed E-state index contributed by atoms with van der Waals surface area (Å²) in [4.78, 5) is 7.81. The van der Waals surface area contributed by atoms with E-state index in [0.717, 1.165) is 18.8 Å². The van der Waals surface area contributed by atoms with E-state index < -0.39 is 0 Å². The number of nitrogen functional groups attached to an aromatic ring is 1. The van der Waals surface area contributed by atoms with Gasteiger partial charge in [-0.05, 0) is 13.3 Å². The average molecular weight is 178 g/mol. The molecule has 0 fully saturated rings. The number of nitrogens with one attached hydrogen (secondary N) is 1. The highest BCUT2D eigenvalue weighted by atomic mass is 15.0. The van der Waals surface area contributed by atoms with Crippen molar-refractivity contribution in [2.24, 2.45) is 0 Å². The third-order valence-electron chi connectivity index (χ3n) is 1.54. The van der Waals surface area contributed by atoms with E-state index >= 15 is 0 Å². The van der Waals surface area contributed by atoms with E-state index in [0.29, 0.717) is 5.82 Å². The number of allylic oxidation sites excluding steroid dienone is 1. The first kappa shape index (κ1) is 9.51. The fraction of sp³-hybridized carbons (Fsp3) is 0.333. The zero-order valence-electron chi connectivity index (χ0n) is 7.70. The molecule has 0 aliphatic carbocycles. The minimum absolute atomic E-state index is 0.489. The normalized spacial score (nSPS) is 10.5. The van der Waals surface area contributed by atoms with Crippen molar-refractivity contribution in [3.63, 3.8) is 0 Å². The zero-order chi connectivity index (χ0) is 9.52. The highest BCUT2D eigenvalue weighted by Gasteiger charge is 1.92. The first-order valence-corrected chi connectivity index (χ1v) is 4.25. The van der Waals surface area contributed by atoms with Gasteiger partial charge in [-0.2, -0.15) is 0 Å². The van der Waals surface area contributed by atoms with E-state index in [-0.39, 0.29) is 0 Å². The van der Waals surface area contributed by atoms with Crippen LogP contribution >= 0.6 is 0 Å². The number of nitrogens with zero attached hydrogens (tertiary/aromatic N) is 2. The van der Waals surface area contributed by atoms with Crippen LogP contribution in [0, 0.1) is 0 Å². The lowest BCUT2D eigenvalue weighted by Crippen LogP contribution is -2.03. The molecule has 0 aliphatic heterocycles. The van der Waals surface area contributed by atoms with Gasteiger partial charge in [-0.3, -0.25) is 0 Å². The maximum atomic E-state index is 5.48. The van der Waals surface area contributed by atoms with Crippen LogP contribution in [0.3, 0.4) is 0 Å². The van der Waals surface area contributed by atoms with Crippen molar-refractivity contribution in [3.05, 3.63) is 24.5 Å². The third kappa shape index (κ3) is 3.55. The Kier molecular flexibility index (Phi) is 3.75. The Balaban J connectivity index is 2.36. The lowest BCUT2D eigenvalue weighted by atomic mass is 10.4. The molecular weight excluding hydrogens is 164 g/mol. The van der Waals surface area contributed by atoms with Crippen LogP contribution in [-0.2, 0) is 0 Å². The Bertz CT molecular complexity index is 283. The van der Waals surface area contributed by atoms with Crippen LogP contribution in [0.15, 0.2) is 24.5 Å². The maximum Gasteiger partial charge on any atom is 0.131 e. The minimum Gasteiger partial charge on any atom is -0.384 e. The fourth-order valence-corrected chi connectivity index (χ4v) is 0.919. The molecule has 1 rings (SSSR count). The molecule has 70 valence electrons. The third-order valence-corrected chi connectivity index (χ3v) is 1.54. The molecule has 0 aromatic carbocycles. The molecule has 0 unspecified atom stereocenters. The molecule has 4 heteroatoms. The summed E-state index contributed by atoms with van der Waals surface area (Å²) in [5.74, 6) is 1.26. The molecule has 0 saturated heterocycles. The van der Waals surface area contributed by atoms with Crippen molar-refractivity contribution in [2.45, 2.75) is 13.3 Å². The first-order chi connectivity index (χ1) is 6.33. The number of hydrogen-bond acceptors (Lipinski definition) is 4. The molecule has 1 heterocycles. The van der Waals surface area contributed by atoms with Crippen LogP contribution in [0.25, 0.3) is 0 Å². The van der Waals surface area contributed by atoms with E-state index in [9.17, 15) is 0 Å². The smallest absolute Gasteiger partial charge is 0.131 e. The lowest BCUT2D eigenvalue weighted by molar-refractivity contribution is 1.03.